The van der Waals surface area contributed by atoms with Gasteiger partial charge in [-0.15, -0.1) is 0 Å². The molecule has 576 valence electrons. The summed E-state index contributed by atoms with van der Waals surface area (Å²) in [5, 5.41) is 10.6. The van der Waals surface area contributed by atoms with E-state index in [-0.39, 0.29) is 25.7 Å². The Labute approximate surface area is 594 Å². The normalized spacial score (nSPS) is 14.2. The molecule has 0 amide bonds. The number of rotatable bonds is 77. The van der Waals surface area contributed by atoms with Gasteiger partial charge in [0.25, 0.3) is 0 Å². The molecular weight excluding hydrogens is 1270 g/mol. The zero-order valence-electron chi connectivity index (χ0n) is 63.4. The number of phosphoric acid groups is 2. The van der Waals surface area contributed by atoms with Crippen LogP contribution in [0.5, 0.6) is 0 Å². The molecule has 19 heteroatoms. The van der Waals surface area contributed by atoms with Crippen LogP contribution in [0, 0.1) is 11.8 Å². The van der Waals surface area contributed by atoms with E-state index in [1.807, 2.05) is 0 Å². The van der Waals surface area contributed by atoms with Crippen LogP contribution in [0.1, 0.15) is 408 Å². The van der Waals surface area contributed by atoms with Crippen LogP contribution in [0.3, 0.4) is 0 Å². The van der Waals surface area contributed by atoms with E-state index in [4.69, 9.17) is 37.0 Å². The van der Waals surface area contributed by atoms with Gasteiger partial charge in [-0.2, -0.15) is 0 Å². The Morgan fingerprint density at radius 3 is 0.784 bits per heavy atom. The third kappa shape index (κ3) is 70.9. The monoisotopic (exact) mass is 1420 g/mol. The zero-order valence-corrected chi connectivity index (χ0v) is 65.2. The van der Waals surface area contributed by atoms with Crippen molar-refractivity contribution < 1.29 is 80.2 Å². The van der Waals surface area contributed by atoms with Crippen molar-refractivity contribution in [3.05, 3.63) is 0 Å². The minimum Gasteiger partial charge on any atom is -0.462 e. The first-order valence-corrected chi connectivity index (χ1v) is 43.5. The van der Waals surface area contributed by atoms with Gasteiger partial charge in [0, 0.05) is 25.7 Å². The summed E-state index contributed by atoms with van der Waals surface area (Å²) in [4.78, 5) is 72.7. The molecule has 97 heavy (non-hydrogen) atoms. The maximum absolute atomic E-state index is 13.1. The topological polar surface area (TPSA) is 237 Å². The van der Waals surface area contributed by atoms with E-state index >= 15 is 0 Å². The van der Waals surface area contributed by atoms with Gasteiger partial charge in [-0.05, 0) is 37.5 Å². The highest BCUT2D eigenvalue weighted by atomic mass is 31.2. The molecule has 17 nitrogen and oxygen atoms in total. The number of carbonyl (C=O) groups is 4. The van der Waals surface area contributed by atoms with E-state index in [0.717, 1.165) is 108 Å². The van der Waals surface area contributed by atoms with Crippen molar-refractivity contribution in [3.8, 4) is 0 Å². The van der Waals surface area contributed by atoms with Crippen molar-refractivity contribution in [2.75, 3.05) is 39.6 Å². The van der Waals surface area contributed by atoms with Gasteiger partial charge in [-0.1, -0.05) is 356 Å². The van der Waals surface area contributed by atoms with Crippen LogP contribution in [0.2, 0.25) is 0 Å². The Hall–Kier alpha value is -1.94. The fourth-order valence-electron chi connectivity index (χ4n) is 12.0. The van der Waals surface area contributed by atoms with E-state index in [1.165, 1.54) is 218 Å². The Bertz CT molecular complexity index is 1870. The third-order valence-electron chi connectivity index (χ3n) is 18.6. The Balaban J connectivity index is 5.17. The molecule has 0 aromatic heterocycles. The van der Waals surface area contributed by atoms with Crippen molar-refractivity contribution in [1.82, 2.24) is 0 Å². The van der Waals surface area contributed by atoms with Crippen molar-refractivity contribution in [3.63, 3.8) is 0 Å². The van der Waals surface area contributed by atoms with Crippen molar-refractivity contribution in [2.45, 2.75) is 426 Å². The fraction of sp³-hybridized carbons (Fsp3) is 0.949. The summed E-state index contributed by atoms with van der Waals surface area (Å²) in [6.45, 7) is 9.57. The summed E-state index contributed by atoms with van der Waals surface area (Å²) in [5.41, 5.74) is 0. The molecule has 0 bridgehead atoms. The molecule has 0 aliphatic carbocycles. The van der Waals surface area contributed by atoms with Gasteiger partial charge in [-0.3, -0.25) is 37.3 Å². The first-order chi connectivity index (χ1) is 46.9. The number of phosphoric ester groups is 2. The van der Waals surface area contributed by atoms with Crippen LogP contribution in [-0.4, -0.2) is 96.7 Å². The minimum absolute atomic E-state index is 0.103. The number of aliphatic hydroxyl groups is 1. The summed E-state index contributed by atoms with van der Waals surface area (Å²) in [6.07, 6.45) is 58.6. The van der Waals surface area contributed by atoms with Crippen LogP contribution < -0.4 is 0 Å². The van der Waals surface area contributed by atoms with Crippen molar-refractivity contribution in [1.29, 1.82) is 0 Å². The number of ether oxygens (including phenoxy) is 4. The molecule has 6 atom stereocenters. The average Bonchev–Trinajstić information content (AvgIpc) is 1.68. The van der Waals surface area contributed by atoms with E-state index in [2.05, 4.69) is 41.5 Å². The van der Waals surface area contributed by atoms with Crippen molar-refractivity contribution in [2.24, 2.45) is 11.8 Å². The van der Waals surface area contributed by atoms with Gasteiger partial charge < -0.3 is 33.8 Å². The molecule has 0 saturated carbocycles. The molecule has 0 aliphatic heterocycles. The number of esters is 4. The van der Waals surface area contributed by atoms with Crippen LogP contribution >= 0.6 is 15.6 Å². The smallest absolute Gasteiger partial charge is 0.462 e. The minimum atomic E-state index is -4.96. The van der Waals surface area contributed by atoms with E-state index in [9.17, 15) is 43.2 Å². The first-order valence-electron chi connectivity index (χ1n) is 40.5. The molecule has 0 spiro atoms. The molecule has 0 aromatic carbocycles. The third-order valence-corrected chi connectivity index (χ3v) is 20.5. The van der Waals surface area contributed by atoms with E-state index < -0.39 is 97.5 Å². The summed E-state index contributed by atoms with van der Waals surface area (Å²) in [7, 11) is -9.91. The van der Waals surface area contributed by atoms with Gasteiger partial charge in [0.2, 0.25) is 0 Å². The molecule has 0 aliphatic rings. The molecule has 0 rings (SSSR count). The fourth-order valence-corrected chi connectivity index (χ4v) is 13.6. The molecule has 3 unspecified atom stereocenters. The lowest BCUT2D eigenvalue weighted by Crippen LogP contribution is -2.30. The van der Waals surface area contributed by atoms with Gasteiger partial charge in [-0.25, -0.2) is 9.13 Å². The quantitative estimate of drug-likeness (QED) is 0.0222. The SMILES string of the molecule is CCCCCCCCCCCCCCCCCCCCC(=O)OC[C@H](COP(=O)(O)OC[C@@H](O)COP(=O)(O)OC[C@@H](COC(=O)CCCCCCCCCC)OC(=O)CCCCCCCCC(C)CC)OC(=O)CCCCCCCCCCCCCCCCCCCCC(C)C. The van der Waals surface area contributed by atoms with Gasteiger partial charge >= 0.3 is 39.5 Å². The maximum Gasteiger partial charge on any atom is 0.472 e. The molecule has 0 radical (unpaired) electrons. The molecule has 0 heterocycles. The highest BCUT2D eigenvalue weighted by molar-refractivity contribution is 7.47. The predicted molar refractivity (Wildman–Crippen MR) is 395 cm³/mol. The Kier molecular flexibility index (Phi) is 68.4. The molecule has 0 aromatic rings. The summed E-state index contributed by atoms with van der Waals surface area (Å²) in [6, 6.07) is 0. The highest BCUT2D eigenvalue weighted by Gasteiger charge is 2.30. The maximum atomic E-state index is 13.1. The van der Waals surface area contributed by atoms with Gasteiger partial charge in [0.15, 0.2) is 12.2 Å². The standard InChI is InChI=1S/C78H152O17P2/c1-7-10-12-14-16-18-19-20-21-22-26-29-32-35-38-42-49-55-61-76(81)89-66-73(94-77(82)62-56-50-43-39-36-33-30-27-24-23-25-28-31-34-37-40-46-52-58-70(4)5)68-92-96(84,85)90-64-72(79)65-91-97(86,87)93-69-74(67-88-75(80)60-54-48-41-17-15-13-11-8-2)95-78(83)63-57-51-45-44-47-53-59-71(6)9-3/h70-74,79H,7-69H2,1-6H3,(H,84,85)(H,86,87)/t71?,72-,73-,74-/m1/s1. The first kappa shape index (κ1) is 95.1. The van der Waals surface area contributed by atoms with Crippen LogP contribution in [0.25, 0.3) is 0 Å². The molecule has 3 N–H and O–H groups in total. The summed E-state index contributed by atoms with van der Waals surface area (Å²) in [5.74, 6) is -0.578. The number of unbranched alkanes of at least 4 members (excludes halogenated alkanes) is 46. The van der Waals surface area contributed by atoms with E-state index in [0.29, 0.717) is 25.7 Å². The molecule has 0 saturated heterocycles. The largest absolute Gasteiger partial charge is 0.472 e. The molecular formula is C78H152O17P2. The number of carbonyl (C=O) groups excluding carboxylic acids is 4. The number of hydrogen-bond donors (Lipinski definition) is 3. The lowest BCUT2D eigenvalue weighted by molar-refractivity contribution is -0.161. The molecule has 0 fully saturated rings. The second-order valence-electron chi connectivity index (χ2n) is 28.8. The van der Waals surface area contributed by atoms with Gasteiger partial charge in [0.05, 0.1) is 26.4 Å². The Morgan fingerprint density at radius 1 is 0.299 bits per heavy atom. The summed E-state index contributed by atoms with van der Waals surface area (Å²) < 4.78 is 68.5. The van der Waals surface area contributed by atoms with Crippen LogP contribution in [0.4, 0.5) is 0 Å². The lowest BCUT2D eigenvalue weighted by atomic mass is 10.00. The Morgan fingerprint density at radius 2 is 0.526 bits per heavy atom. The predicted octanol–water partition coefficient (Wildman–Crippen LogP) is 23.1. The van der Waals surface area contributed by atoms with Gasteiger partial charge in [0.1, 0.15) is 19.3 Å². The van der Waals surface area contributed by atoms with E-state index in [1.54, 1.807) is 0 Å². The zero-order chi connectivity index (χ0) is 71.4. The summed E-state index contributed by atoms with van der Waals surface area (Å²) >= 11 is 0. The number of aliphatic hydroxyl groups excluding tert-OH is 1. The van der Waals surface area contributed by atoms with Crippen LogP contribution in [-0.2, 0) is 65.4 Å². The van der Waals surface area contributed by atoms with Crippen molar-refractivity contribution >= 4 is 39.5 Å². The lowest BCUT2D eigenvalue weighted by Gasteiger charge is -2.21. The number of hydrogen-bond acceptors (Lipinski definition) is 15. The average molecular weight is 1420 g/mol. The second-order valence-corrected chi connectivity index (χ2v) is 31.7. The highest BCUT2D eigenvalue weighted by Crippen LogP contribution is 2.45. The second kappa shape index (κ2) is 69.8. The van der Waals surface area contributed by atoms with Crippen LogP contribution in [0.15, 0.2) is 0 Å².